The van der Waals surface area contributed by atoms with Gasteiger partial charge in [0.15, 0.2) is 5.82 Å². The molecule has 0 fully saturated rings. The summed E-state index contributed by atoms with van der Waals surface area (Å²) >= 11 is 1.07. The first-order valence-electron chi connectivity index (χ1n) is 5.44. The fourth-order valence-electron chi connectivity index (χ4n) is 1.92. The Balaban J connectivity index is 2.37. The molecule has 0 aliphatic heterocycles. The maximum absolute atomic E-state index is 13.8. The molecule has 0 aliphatic carbocycles. The van der Waals surface area contributed by atoms with E-state index in [1.165, 1.54) is 0 Å². The molecule has 0 amide bonds. The Bertz CT molecular complexity index is 815. The SMILES string of the molecule is Nc1cc(F)cc(F)c1-n1sc2ccccc2c1=O. The van der Waals surface area contributed by atoms with Crippen LogP contribution < -0.4 is 11.3 Å². The van der Waals surface area contributed by atoms with E-state index in [9.17, 15) is 13.6 Å². The third kappa shape index (κ3) is 1.80. The predicted octanol–water partition coefficient (Wildman–Crippen LogP) is 2.91. The van der Waals surface area contributed by atoms with E-state index in [4.69, 9.17) is 5.73 Å². The van der Waals surface area contributed by atoms with E-state index in [0.29, 0.717) is 11.5 Å². The number of anilines is 1. The monoisotopic (exact) mass is 278 g/mol. The first-order chi connectivity index (χ1) is 9.08. The summed E-state index contributed by atoms with van der Waals surface area (Å²) in [7, 11) is 0. The van der Waals surface area contributed by atoms with Gasteiger partial charge in [-0.25, -0.2) is 12.7 Å². The van der Waals surface area contributed by atoms with Gasteiger partial charge in [0.25, 0.3) is 5.56 Å². The highest BCUT2D eigenvalue weighted by molar-refractivity contribution is 7.14. The summed E-state index contributed by atoms with van der Waals surface area (Å²) in [5.74, 6) is -1.63. The van der Waals surface area contributed by atoms with E-state index in [-0.39, 0.29) is 16.9 Å². The number of halogens is 2. The Morgan fingerprint density at radius 3 is 2.58 bits per heavy atom. The summed E-state index contributed by atoms with van der Waals surface area (Å²) in [5, 5.41) is 0.482. The van der Waals surface area contributed by atoms with Crippen LogP contribution in [0.5, 0.6) is 0 Å². The number of benzene rings is 2. The van der Waals surface area contributed by atoms with Crippen LogP contribution in [0, 0.1) is 11.6 Å². The van der Waals surface area contributed by atoms with Crippen molar-refractivity contribution >= 4 is 27.3 Å². The minimum atomic E-state index is -0.855. The van der Waals surface area contributed by atoms with Gasteiger partial charge in [-0.15, -0.1) is 0 Å². The second-order valence-electron chi connectivity index (χ2n) is 4.01. The number of nitrogens with two attached hydrogens (primary N) is 1. The number of nitrogens with zero attached hydrogens (tertiary/aromatic N) is 1. The fourth-order valence-corrected chi connectivity index (χ4v) is 2.97. The lowest BCUT2D eigenvalue weighted by atomic mass is 10.2. The fraction of sp³-hybridized carbons (Fsp3) is 0. The van der Waals surface area contributed by atoms with Gasteiger partial charge in [-0.1, -0.05) is 23.7 Å². The first-order valence-corrected chi connectivity index (χ1v) is 6.21. The van der Waals surface area contributed by atoms with Gasteiger partial charge in [0, 0.05) is 6.07 Å². The van der Waals surface area contributed by atoms with Crippen molar-refractivity contribution in [3.63, 3.8) is 0 Å². The molecule has 1 heterocycles. The number of rotatable bonds is 1. The molecular weight excluding hydrogens is 270 g/mol. The number of aromatic nitrogens is 1. The quantitative estimate of drug-likeness (QED) is 0.696. The second kappa shape index (κ2) is 4.17. The molecule has 96 valence electrons. The van der Waals surface area contributed by atoms with Crippen LogP contribution in [0.25, 0.3) is 15.8 Å². The van der Waals surface area contributed by atoms with Crippen LogP contribution in [-0.4, -0.2) is 3.96 Å². The molecule has 0 radical (unpaired) electrons. The van der Waals surface area contributed by atoms with E-state index in [1.807, 2.05) is 0 Å². The minimum Gasteiger partial charge on any atom is -0.397 e. The van der Waals surface area contributed by atoms with Crippen molar-refractivity contribution in [2.24, 2.45) is 0 Å². The van der Waals surface area contributed by atoms with E-state index in [2.05, 4.69) is 0 Å². The van der Waals surface area contributed by atoms with Gasteiger partial charge in [-0.2, -0.15) is 0 Å². The lowest BCUT2D eigenvalue weighted by molar-refractivity contribution is 0.580. The Morgan fingerprint density at radius 2 is 1.89 bits per heavy atom. The molecule has 6 heteroatoms. The Kier molecular flexibility index (Phi) is 2.60. The van der Waals surface area contributed by atoms with Crippen molar-refractivity contribution in [1.82, 2.24) is 3.96 Å². The second-order valence-corrected chi connectivity index (χ2v) is 5.00. The van der Waals surface area contributed by atoms with E-state index in [0.717, 1.165) is 26.3 Å². The molecule has 2 N–H and O–H groups in total. The van der Waals surface area contributed by atoms with Crippen molar-refractivity contribution in [2.75, 3.05) is 5.73 Å². The number of hydrogen-bond donors (Lipinski definition) is 1. The van der Waals surface area contributed by atoms with Gasteiger partial charge < -0.3 is 5.73 Å². The van der Waals surface area contributed by atoms with Gasteiger partial charge in [0.2, 0.25) is 0 Å². The molecule has 0 saturated heterocycles. The maximum Gasteiger partial charge on any atom is 0.273 e. The van der Waals surface area contributed by atoms with Crippen molar-refractivity contribution in [3.05, 3.63) is 58.4 Å². The smallest absolute Gasteiger partial charge is 0.273 e. The zero-order valence-corrected chi connectivity index (χ0v) is 10.4. The molecule has 0 unspecified atom stereocenters. The van der Waals surface area contributed by atoms with Crippen molar-refractivity contribution in [2.45, 2.75) is 0 Å². The number of hydrogen-bond acceptors (Lipinski definition) is 3. The van der Waals surface area contributed by atoms with Crippen LogP contribution in [0.1, 0.15) is 0 Å². The van der Waals surface area contributed by atoms with Gasteiger partial charge in [-0.3, -0.25) is 4.79 Å². The standard InChI is InChI=1S/C13H8F2N2OS/c14-7-5-9(15)12(10(16)6-7)17-13(18)8-3-1-2-4-11(8)19-17/h1-6H,16H2. The van der Waals surface area contributed by atoms with E-state index in [1.54, 1.807) is 24.3 Å². The largest absolute Gasteiger partial charge is 0.397 e. The molecule has 0 atom stereocenters. The molecule has 3 aromatic rings. The van der Waals surface area contributed by atoms with Crippen LogP contribution in [0.15, 0.2) is 41.2 Å². The average Bonchev–Trinajstić information content (AvgIpc) is 2.66. The summed E-state index contributed by atoms with van der Waals surface area (Å²) < 4.78 is 28.7. The third-order valence-electron chi connectivity index (χ3n) is 2.75. The lowest BCUT2D eigenvalue weighted by Gasteiger charge is -2.06. The van der Waals surface area contributed by atoms with Crippen LogP contribution in [0.4, 0.5) is 14.5 Å². The maximum atomic E-state index is 13.8. The summed E-state index contributed by atoms with van der Waals surface area (Å²) in [6.07, 6.45) is 0. The van der Waals surface area contributed by atoms with Crippen molar-refractivity contribution in [3.8, 4) is 5.69 Å². The Hall–Kier alpha value is -2.21. The van der Waals surface area contributed by atoms with Crippen LogP contribution >= 0.6 is 11.5 Å². The first kappa shape index (κ1) is 11.9. The number of nitrogen functional groups attached to an aromatic ring is 1. The molecule has 3 nitrogen and oxygen atoms in total. The molecule has 0 aliphatic rings. The molecule has 0 bridgehead atoms. The summed E-state index contributed by atoms with van der Waals surface area (Å²) in [6, 6.07) is 8.63. The van der Waals surface area contributed by atoms with Gasteiger partial charge in [0.05, 0.1) is 15.8 Å². The summed E-state index contributed by atoms with van der Waals surface area (Å²) in [4.78, 5) is 12.2. The normalized spacial score (nSPS) is 11.1. The molecule has 0 spiro atoms. The molecule has 2 aromatic carbocycles. The van der Waals surface area contributed by atoms with Gasteiger partial charge in [-0.05, 0) is 18.2 Å². The molecule has 0 saturated carbocycles. The van der Waals surface area contributed by atoms with E-state index >= 15 is 0 Å². The molecule has 3 rings (SSSR count). The summed E-state index contributed by atoms with van der Waals surface area (Å²) in [6.45, 7) is 0. The lowest BCUT2D eigenvalue weighted by Crippen LogP contribution is -2.14. The van der Waals surface area contributed by atoms with Crippen LogP contribution in [0.2, 0.25) is 0 Å². The van der Waals surface area contributed by atoms with Gasteiger partial charge >= 0.3 is 0 Å². The highest BCUT2D eigenvalue weighted by Gasteiger charge is 2.16. The Labute approximate surface area is 110 Å². The van der Waals surface area contributed by atoms with Crippen LogP contribution in [-0.2, 0) is 0 Å². The molecular formula is C13H8F2N2OS. The predicted molar refractivity (Wildman–Crippen MR) is 71.8 cm³/mol. The average molecular weight is 278 g/mol. The van der Waals surface area contributed by atoms with Crippen molar-refractivity contribution in [1.29, 1.82) is 0 Å². The zero-order chi connectivity index (χ0) is 13.6. The topological polar surface area (TPSA) is 48.0 Å². The molecule has 19 heavy (non-hydrogen) atoms. The highest BCUT2D eigenvalue weighted by atomic mass is 32.1. The highest BCUT2D eigenvalue weighted by Crippen LogP contribution is 2.26. The summed E-state index contributed by atoms with van der Waals surface area (Å²) in [5.41, 5.74) is 5.04. The van der Waals surface area contributed by atoms with E-state index < -0.39 is 11.6 Å². The molecule has 1 aromatic heterocycles. The van der Waals surface area contributed by atoms with Crippen molar-refractivity contribution < 1.29 is 8.78 Å². The van der Waals surface area contributed by atoms with Gasteiger partial charge in [0.1, 0.15) is 11.5 Å². The zero-order valence-electron chi connectivity index (χ0n) is 9.56. The Morgan fingerprint density at radius 1 is 1.16 bits per heavy atom. The third-order valence-corrected chi connectivity index (χ3v) is 3.84. The van der Waals surface area contributed by atoms with Crippen LogP contribution in [0.3, 0.4) is 0 Å². The number of fused-ring (bicyclic) bond motifs is 1. The minimum absolute atomic E-state index is 0.104.